The molecule has 0 bridgehead atoms. The minimum absolute atomic E-state index is 0.139. The SMILES string of the molecule is C=CC1(NC(C)=O)[C@H](OC(C)=O)[C@@H](CC(C)C)O[C@H]1C(C)C. The predicted octanol–water partition coefficient (Wildman–Crippen LogP) is 2.45. The molecular formula is C17H29NO4. The van der Waals surface area contributed by atoms with Gasteiger partial charge >= 0.3 is 5.97 Å². The highest BCUT2D eigenvalue weighted by Crippen LogP contribution is 2.40. The highest BCUT2D eigenvalue weighted by molar-refractivity contribution is 5.75. The molecule has 0 saturated carbocycles. The van der Waals surface area contributed by atoms with Crippen molar-refractivity contribution in [2.45, 2.75) is 71.8 Å². The van der Waals surface area contributed by atoms with E-state index in [1.165, 1.54) is 13.8 Å². The van der Waals surface area contributed by atoms with Gasteiger partial charge in [0, 0.05) is 13.8 Å². The molecule has 5 nitrogen and oxygen atoms in total. The molecule has 1 aliphatic heterocycles. The van der Waals surface area contributed by atoms with E-state index in [4.69, 9.17) is 9.47 Å². The fourth-order valence-electron chi connectivity index (χ4n) is 3.28. The Morgan fingerprint density at radius 1 is 1.32 bits per heavy atom. The molecule has 0 aliphatic carbocycles. The Balaban J connectivity index is 3.29. The maximum absolute atomic E-state index is 11.7. The minimum atomic E-state index is -0.898. The van der Waals surface area contributed by atoms with Crippen molar-refractivity contribution in [3.8, 4) is 0 Å². The standard InChI is InChI=1S/C17H29NO4/c1-8-17(18-12(6)19)15(11(4)5)22-14(9-10(2)3)16(17)21-13(7)20/h8,10-11,14-16H,1,9H2,2-7H3,(H,18,19)/t14-,15+,16-,17?/m1/s1. The van der Waals surface area contributed by atoms with E-state index in [0.717, 1.165) is 6.42 Å². The van der Waals surface area contributed by atoms with Gasteiger partial charge in [-0.25, -0.2) is 0 Å². The van der Waals surface area contributed by atoms with E-state index in [-0.39, 0.29) is 30.0 Å². The summed E-state index contributed by atoms with van der Waals surface area (Å²) in [5.74, 6) is -0.0614. The third-order valence-corrected chi connectivity index (χ3v) is 3.93. The number of carbonyl (C=O) groups excluding carboxylic acids is 2. The molecule has 0 aromatic heterocycles. The van der Waals surface area contributed by atoms with Crippen molar-refractivity contribution in [1.82, 2.24) is 5.32 Å². The van der Waals surface area contributed by atoms with Gasteiger partial charge in [0.1, 0.15) is 5.54 Å². The van der Waals surface area contributed by atoms with Gasteiger partial charge in [0.05, 0.1) is 12.2 Å². The first-order chi connectivity index (χ1) is 10.1. The Bertz CT molecular complexity index is 432. The summed E-state index contributed by atoms with van der Waals surface area (Å²) in [7, 11) is 0. The molecule has 1 rings (SSSR count). The normalized spacial score (nSPS) is 31.4. The number of nitrogens with one attached hydrogen (secondary N) is 1. The fourth-order valence-corrected chi connectivity index (χ4v) is 3.28. The van der Waals surface area contributed by atoms with Gasteiger partial charge in [-0.15, -0.1) is 6.58 Å². The summed E-state index contributed by atoms with van der Waals surface area (Å²) in [5.41, 5.74) is -0.898. The van der Waals surface area contributed by atoms with Gasteiger partial charge in [0.15, 0.2) is 6.10 Å². The van der Waals surface area contributed by atoms with E-state index < -0.39 is 11.6 Å². The van der Waals surface area contributed by atoms with Gasteiger partial charge in [-0.1, -0.05) is 33.8 Å². The van der Waals surface area contributed by atoms with E-state index in [1.807, 2.05) is 13.8 Å². The van der Waals surface area contributed by atoms with Crippen molar-refractivity contribution in [2.75, 3.05) is 0 Å². The third-order valence-electron chi connectivity index (χ3n) is 3.93. The minimum Gasteiger partial charge on any atom is -0.457 e. The number of hydrogen-bond acceptors (Lipinski definition) is 4. The van der Waals surface area contributed by atoms with Crippen molar-refractivity contribution in [1.29, 1.82) is 0 Å². The van der Waals surface area contributed by atoms with Gasteiger partial charge in [-0.05, 0) is 18.3 Å². The van der Waals surface area contributed by atoms with Gasteiger partial charge in [-0.3, -0.25) is 9.59 Å². The molecule has 22 heavy (non-hydrogen) atoms. The van der Waals surface area contributed by atoms with Crippen LogP contribution in [0.3, 0.4) is 0 Å². The Hall–Kier alpha value is -1.36. The van der Waals surface area contributed by atoms with Crippen LogP contribution in [0.4, 0.5) is 0 Å². The van der Waals surface area contributed by atoms with Crippen LogP contribution in [-0.4, -0.2) is 35.7 Å². The van der Waals surface area contributed by atoms with Crippen LogP contribution >= 0.6 is 0 Å². The van der Waals surface area contributed by atoms with Gasteiger partial charge in [0.25, 0.3) is 0 Å². The van der Waals surface area contributed by atoms with E-state index in [2.05, 4.69) is 25.7 Å². The average molecular weight is 311 g/mol. The Morgan fingerprint density at radius 3 is 2.27 bits per heavy atom. The number of amides is 1. The number of esters is 1. The molecule has 1 amide bonds. The summed E-state index contributed by atoms with van der Waals surface area (Å²) in [5, 5.41) is 2.94. The number of carbonyl (C=O) groups is 2. The molecular weight excluding hydrogens is 282 g/mol. The molecule has 5 heteroatoms. The van der Waals surface area contributed by atoms with Gasteiger partial charge < -0.3 is 14.8 Å². The van der Waals surface area contributed by atoms with Gasteiger partial charge in [0.2, 0.25) is 5.91 Å². The number of hydrogen-bond donors (Lipinski definition) is 1. The summed E-state index contributed by atoms with van der Waals surface area (Å²) in [6.45, 7) is 14.9. The predicted molar refractivity (Wildman–Crippen MR) is 85.3 cm³/mol. The number of rotatable bonds is 6. The highest BCUT2D eigenvalue weighted by atomic mass is 16.6. The maximum atomic E-state index is 11.7. The molecule has 1 saturated heterocycles. The second kappa shape index (κ2) is 7.27. The zero-order valence-electron chi connectivity index (χ0n) is 14.5. The largest absolute Gasteiger partial charge is 0.457 e. The summed E-state index contributed by atoms with van der Waals surface area (Å²) in [4.78, 5) is 23.3. The Morgan fingerprint density at radius 2 is 1.91 bits per heavy atom. The van der Waals surface area contributed by atoms with E-state index in [0.29, 0.717) is 5.92 Å². The quantitative estimate of drug-likeness (QED) is 0.604. The first-order valence-electron chi connectivity index (χ1n) is 7.89. The Labute approximate surface area is 133 Å². The van der Waals surface area contributed by atoms with Crippen molar-refractivity contribution < 1.29 is 19.1 Å². The van der Waals surface area contributed by atoms with E-state index >= 15 is 0 Å². The van der Waals surface area contributed by atoms with Crippen LogP contribution in [0.25, 0.3) is 0 Å². The zero-order chi connectivity index (χ0) is 17.1. The van der Waals surface area contributed by atoms with Crippen LogP contribution in [0, 0.1) is 11.8 Å². The van der Waals surface area contributed by atoms with Crippen LogP contribution in [0.5, 0.6) is 0 Å². The van der Waals surface area contributed by atoms with Crippen LogP contribution in [0.15, 0.2) is 12.7 Å². The van der Waals surface area contributed by atoms with Crippen molar-refractivity contribution in [2.24, 2.45) is 11.8 Å². The summed E-state index contributed by atoms with van der Waals surface area (Å²) >= 11 is 0. The van der Waals surface area contributed by atoms with Crippen molar-refractivity contribution in [3.63, 3.8) is 0 Å². The molecule has 4 atom stereocenters. The van der Waals surface area contributed by atoms with Gasteiger partial charge in [-0.2, -0.15) is 0 Å². The molecule has 1 unspecified atom stereocenters. The maximum Gasteiger partial charge on any atom is 0.303 e. The lowest BCUT2D eigenvalue weighted by molar-refractivity contribution is -0.152. The molecule has 1 aliphatic rings. The van der Waals surface area contributed by atoms with Crippen LogP contribution < -0.4 is 5.32 Å². The zero-order valence-corrected chi connectivity index (χ0v) is 14.5. The highest BCUT2D eigenvalue weighted by Gasteiger charge is 2.58. The first-order valence-corrected chi connectivity index (χ1v) is 7.89. The first kappa shape index (κ1) is 18.7. The second-order valence-corrected chi connectivity index (χ2v) is 6.82. The topological polar surface area (TPSA) is 64.6 Å². The molecule has 0 spiro atoms. The lowest BCUT2D eigenvalue weighted by Gasteiger charge is -2.37. The summed E-state index contributed by atoms with van der Waals surface area (Å²) in [6, 6.07) is 0. The smallest absolute Gasteiger partial charge is 0.303 e. The Kier molecular flexibility index (Phi) is 6.17. The lowest BCUT2D eigenvalue weighted by atomic mass is 9.80. The average Bonchev–Trinajstić information content (AvgIpc) is 2.63. The van der Waals surface area contributed by atoms with Crippen molar-refractivity contribution in [3.05, 3.63) is 12.7 Å². The monoisotopic (exact) mass is 311 g/mol. The molecule has 1 N–H and O–H groups in total. The summed E-state index contributed by atoms with van der Waals surface area (Å²) in [6.07, 6.45) is 1.29. The molecule has 0 aromatic rings. The molecule has 0 radical (unpaired) electrons. The lowest BCUT2D eigenvalue weighted by Crippen LogP contribution is -2.61. The second-order valence-electron chi connectivity index (χ2n) is 6.82. The molecule has 126 valence electrons. The third kappa shape index (κ3) is 3.88. The van der Waals surface area contributed by atoms with Crippen LogP contribution in [0.2, 0.25) is 0 Å². The van der Waals surface area contributed by atoms with Crippen molar-refractivity contribution >= 4 is 11.9 Å². The van der Waals surface area contributed by atoms with E-state index in [9.17, 15) is 9.59 Å². The van der Waals surface area contributed by atoms with E-state index in [1.54, 1.807) is 6.08 Å². The molecule has 1 fully saturated rings. The fraction of sp³-hybridized carbons (Fsp3) is 0.765. The number of ether oxygens (including phenoxy) is 2. The summed E-state index contributed by atoms with van der Waals surface area (Å²) < 4.78 is 11.8. The molecule has 0 aromatic carbocycles. The molecule has 1 heterocycles. The van der Waals surface area contributed by atoms with Crippen LogP contribution in [0.1, 0.15) is 48.0 Å². The van der Waals surface area contributed by atoms with Crippen LogP contribution in [-0.2, 0) is 19.1 Å².